The molecular formula is C28H37ClN4O6. The van der Waals surface area contributed by atoms with Crippen LogP contribution in [-0.2, 0) is 30.5 Å². The molecule has 1 saturated heterocycles. The summed E-state index contributed by atoms with van der Waals surface area (Å²) in [5, 5.41) is 11.3. The summed E-state index contributed by atoms with van der Waals surface area (Å²) in [6.45, 7) is 0.459. The molecule has 3 fully saturated rings. The minimum Gasteiger partial charge on any atom is -0.445 e. The lowest BCUT2D eigenvalue weighted by molar-refractivity contribution is -0.141. The summed E-state index contributed by atoms with van der Waals surface area (Å²) >= 11 is 6.00. The molecular weight excluding hydrogens is 524 g/mol. The van der Waals surface area contributed by atoms with Gasteiger partial charge in [-0.3, -0.25) is 19.2 Å². The number of Topliss-reactive ketones (excluding diaryl/α,β-unsaturated/α-hetero) is 1. The highest BCUT2D eigenvalue weighted by Crippen LogP contribution is 2.28. The van der Waals surface area contributed by atoms with Crippen LogP contribution in [0, 0.1) is 11.8 Å². The number of ketones is 1. The van der Waals surface area contributed by atoms with Crippen molar-refractivity contribution in [3.8, 4) is 0 Å². The van der Waals surface area contributed by atoms with Crippen molar-refractivity contribution < 1.29 is 28.7 Å². The van der Waals surface area contributed by atoms with Crippen molar-refractivity contribution in [2.75, 3.05) is 6.54 Å². The summed E-state index contributed by atoms with van der Waals surface area (Å²) in [7, 11) is 0. The number of amides is 4. The fourth-order valence-electron chi connectivity index (χ4n) is 5.25. The summed E-state index contributed by atoms with van der Waals surface area (Å²) in [6.07, 6.45) is 6.90. The first-order valence-electron chi connectivity index (χ1n) is 13.9. The molecule has 1 aromatic carbocycles. The topological polar surface area (TPSA) is 143 Å². The van der Waals surface area contributed by atoms with Gasteiger partial charge >= 0.3 is 6.09 Å². The fourth-order valence-corrected chi connectivity index (χ4v) is 5.46. The molecule has 2 aliphatic carbocycles. The zero-order chi connectivity index (χ0) is 27.8. The first-order valence-corrected chi connectivity index (χ1v) is 14.3. The van der Waals surface area contributed by atoms with Crippen LogP contribution < -0.4 is 21.3 Å². The van der Waals surface area contributed by atoms with E-state index in [4.69, 9.17) is 16.3 Å². The van der Waals surface area contributed by atoms with Crippen LogP contribution in [0.25, 0.3) is 0 Å². The summed E-state index contributed by atoms with van der Waals surface area (Å²) in [6, 6.07) is 4.76. The van der Waals surface area contributed by atoms with Gasteiger partial charge in [0.2, 0.25) is 17.6 Å². The molecule has 10 nitrogen and oxygen atoms in total. The van der Waals surface area contributed by atoms with Crippen LogP contribution in [0.1, 0.15) is 69.8 Å². The van der Waals surface area contributed by atoms with Crippen LogP contribution in [0.15, 0.2) is 24.3 Å². The van der Waals surface area contributed by atoms with Crippen molar-refractivity contribution in [2.24, 2.45) is 11.8 Å². The maximum Gasteiger partial charge on any atom is 0.408 e. The van der Waals surface area contributed by atoms with E-state index in [0.717, 1.165) is 44.9 Å². The van der Waals surface area contributed by atoms with Gasteiger partial charge in [0, 0.05) is 23.5 Å². The van der Waals surface area contributed by atoms with Crippen LogP contribution in [0.4, 0.5) is 4.79 Å². The highest BCUT2D eigenvalue weighted by molar-refractivity contribution is 6.38. The maximum absolute atomic E-state index is 13.5. The molecule has 1 aromatic rings. The lowest BCUT2D eigenvalue weighted by Crippen LogP contribution is -2.55. The van der Waals surface area contributed by atoms with Gasteiger partial charge in [0.25, 0.3) is 5.91 Å². The Kier molecular flexibility index (Phi) is 10.2. The van der Waals surface area contributed by atoms with E-state index >= 15 is 0 Å². The highest BCUT2D eigenvalue weighted by Gasteiger charge is 2.37. The van der Waals surface area contributed by atoms with Gasteiger partial charge in [-0.25, -0.2) is 4.79 Å². The molecule has 39 heavy (non-hydrogen) atoms. The SMILES string of the molecule is O=C(NC(CC1CCCCC1)C(=O)NC(C[C@@H]1CCNC1=O)C(=O)C(=O)NC1CC1)OCc1cccc(Cl)c1. The van der Waals surface area contributed by atoms with Crippen molar-refractivity contribution in [1.29, 1.82) is 0 Å². The van der Waals surface area contributed by atoms with Gasteiger partial charge in [-0.1, -0.05) is 55.8 Å². The third-order valence-electron chi connectivity index (χ3n) is 7.61. The van der Waals surface area contributed by atoms with Crippen LogP contribution in [0.5, 0.6) is 0 Å². The molecule has 0 radical (unpaired) electrons. The molecule has 4 amide bonds. The van der Waals surface area contributed by atoms with Gasteiger partial charge in [0.15, 0.2) is 0 Å². The minimum absolute atomic E-state index is 0.0177. The zero-order valence-electron chi connectivity index (χ0n) is 22.0. The van der Waals surface area contributed by atoms with Crippen molar-refractivity contribution in [3.63, 3.8) is 0 Å². The van der Waals surface area contributed by atoms with Crippen LogP contribution in [0.3, 0.4) is 0 Å². The van der Waals surface area contributed by atoms with Gasteiger partial charge in [0.05, 0.1) is 6.04 Å². The smallest absolute Gasteiger partial charge is 0.408 e. The Bertz CT molecular complexity index is 1070. The molecule has 0 aromatic heterocycles. The van der Waals surface area contributed by atoms with Crippen molar-refractivity contribution in [3.05, 3.63) is 34.9 Å². The molecule has 3 atom stereocenters. The molecule has 4 N–H and O–H groups in total. The van der Waals surface area contributed by atoms with Gasteiger partial charge in [0.1, 0.15) is 12.6 Å². The van der Waals surface area contributed by atoms with Crippen LogP contribution >= 0.6 is 11.6 Å². The van der Waals surface area contributed by atoms with E-state index in [1.807, 2.05) is 0 Å². The number of nitrogens with one attached hydrogen (secondary N) is 4. The second-order valence-corrected chi connectivity index (χ2v) is 11.3. The Morgan fingerprint density at radius 2 is 1.74 bits per heavy atom. The number of carbonyl (C=O) groups is 5. The average Bonchev–Trinajstić information content (AvgIpc) is 3.65. The number of hydrogen-bond donors (Lipinski definition) is 4. The highest BCUT2D eigenvalue weighted by atomic mass is 35.5. The van der Waals surface area contributed by atoms with E-state index in [-0.39, 0.29) is 30.9 Å². The normalized spacial score (nSPS) is 20.8. The third-order valence-corrected chi connectivity index (χ3v) is 7.85. The van der Waals surface area contributed by atoms with Crippen molar-refractivity contribution in [2.45, 2.75) is 88.9 Å². The van der Waals surface area contributed by atoms with Crippen LogP contribution in [-0.4, -0.2) is 54.3 Å². The Hall–Kier alpha value is -3.14. The quantitative estimate of drug-likeness (QED) is 0.290. The number of benzene rings is 1. The first-order chi connectivity index (χ1) is 18.8. The Labute approximate surface area is 233 Å². The molecule has 3 aliphatic rings. The largest absolute Gasteiger partial charge is 0.445 e. The van der Waals surface area contributed by atoms with Crippen LogP contribution in [0.2, 0.25) is 5.02 Å². The molecule has 4 rings (SSSR count). The van der Waals surface area contributed by atoms with Gasteiger partial charge < -0.3 is 26.0 Å². The molecule has 0 bridgehead atoms. The predicted molar refractivity (Wildman–Crippen MR) is 144 cm³/mol. The molecule has 0 spiro atoms. The molecule has 2 unspecified atom stereocenters. The Morgan fingerprint density at radius 1 is 0.974 bits per heavy atom. The molecule has 11 heteroatoms. The standard InChI is InChI=1S/C28H37ClN4O6/c29-20-8-4-7-18(13-20)16-39-28(38)33-23(14-17-5-2-1-3-6-17)26(36)32-22(15-19-11-12-30-25(19)35)24(34)27(37)31-21-9-10-21/h4,7-8,13,17,19,21-23H,1-3,5-6,9-12,14-16H2,(H,30,35)(H,31,37)(H,32,36)(H,33,38)/t19-,22?,23?/m0/s1. The Morgan fingerprint density at radius 3 is 2.41 bits per heavy atom. The second-order valence-electron chi connectivity index (χ2n) is 10.8. The van der Waals surface area contributed by atoms with E-state index in [1.165, 1.54) is 0 Å². The monoisotopic (exact) mass is 560 g/mol. The van der Waals surface area contributed by atoms with E-state index in [9.17, 15) is 24.0 Å². The number of rotatable bonds is 12. The molecule has 1 heterocycles. The number of alkyl carbamates (subject to hydrolysis) is 1. The van der Waals surface area contributed by atoms with Gasteiger partial charge in [-0.05, 0) is 55.7 Å². The van der Waals surface area contributed by atoms with E-state index in [1.54, 1.807) is 24.3 Å². The number of hydrogen-bond acceptors (Lipinski definition) is 6. The Balaban J connectivity index is 1.43. The minimum atomic E-state index is -1.18. The summed E-state index contributed by atoms with van der Waals surface area (Å²) in [5.41, 5.74) is 0.702. The second kappa shape index (κ2) is 13.8. The predicted octanol–water partition coefficient (Wildman–Crippen LogP) is 2.76. The summed E-state index contributed by atoms with van der Waals surface area (Å²) in [4.78, 5) is 64.1. The van der Waals surface area contributed by atoms with Crippen molar-refractivity contribution in [1.82, 2.24) is 21.3 Å². The third kappa shape index (κ3) is 8.95. The molecule has 2 saturated carbocycles. The lowest BCUT2D eigenvalue weighted by Gasteiger charge is -2.28. The van der Waals surface area contributed by atoms with E-state index in [0.29, 0.717) is 30.0 Å². The number of halogens is 1. The first kappa shape index (κ1) is 28.9. The lowest BCUT2D eigenvalue weighted by atomic mass is 9.84. The van der Waals surface area contributed by atoms with E-state index in [2.05, 4.69) is 21.3 Å². The van der Waals surface area contributed by atoms with E-state index < -0.39 is 41.7 Å². The van der Waals surface area contributed by atoms with Gasteiger partial charge in [-0.15, -0.1) is 0 Å². The number of carbonyl (C=O) groups excluding carboxylic acids is 5. The maximum atomic E-state index is 13.5. The summed E-state index contributed by atoms with van der Waals surface area (Å²) in [5.74, 6) is -2.58. The summed E-state index contributed by atoms with van der Waals surface area (Å²) < 4.78 is 5.34. The zero-order valence-corrected chi connectivity index (χ0v) is 22.8. The molecule has 1 aliphatic heterocycles. The van der Waals surface area contributed by atoms with Crippen molar-refractivity contribution >= 4 is 41.2 Å². The molecule has 212 valence electrons. The number of ether oxygens (including phenoxy) is 1. The van der Waals surface area contributed by atoms with Gasteiger partial charge in [-0.2, -0.15) is 0 Å². The average molecular weight is 561 g/mol. The fraction of sp³-hybridized carbons (Fsp3) is 0.607.